The Hall–Kier alpha value is -2.75. The minimum Gasteiger partial charge on any atom is -0.494 e. The van der Waals surface area contributed by atoms with E-state index in [0.717, 1.165) is 22.2 Å². The van der Waals surface area contributed by atoms with Gasteiger partial charge in [0.2, 0.25) is 0 Å². The number of H-pyrrole nitrogens is 1. The first-order valence-corrected chi connectivity index (χ1v) is 6.91. The van der Waals surface area contributed by atoms with Gasteiger partial charge in [-0.25, -0.2) is 0 Å². The molecule has 0 aliphatic carbocycles. The SMILES string of the molecule is CCN=C(c1ccccc1)c1c(O)[nH]c2ccc(N)cc12. The fourth-order valence-electron chi connectivity index (χ4n) is 2.50. The maximum atomic E-state index is 10.3. The van der Waals surface area contributed by atoms with E-state index >= 15 is 0 Å². The van der Waals surface area contributed by atoms with Crippen molar-refractivity contribution in [3.8, 4) is 5.88 Å². The van der Waals surface area contributed by atoms with E-state index in [1.54, 1.807) is 6.07 Å². The molecule has 0 bridgehead atoms. The van der Waals surface area contributed by atoms with Crippen molar-refractivity contribution < 1.29 is 5.11 Å². The molecule has 1 aromatic heterocycles. The summed E-state index contributed by atoms with van der Waals surface area (Å²) >= 11 is 0. The molecule has 4 nitrogen and oxygen atoms in total. The van der Waals surface area contributed by atoms with Crippen LogP contribution in [0.5, 0.6) is 5.88 Å². The summed E-state index contributed by atoms with van der Waals surface area (Å²) in [5, 5.41) is 11.2. The molecule has 1 heterocycles. The maximum absolute atomic E-state index is 10.3. The van der Waals surface area contributed by atoms with Crippen molar-refractivity contribution in [3.63, 3.8) is 0 Å². The number of nitrogens with two attached hydrogens (primary N) is 1. The van der Waals surface area contributed by atoms with E-state index < -0.39 is 0 Å². The van der Waals surface area contributed by atoms with Crippen LogP contribution in [0.1, 0.15) is 18.1 Å². The number of hydrogen-bond acceptors (Lipinski definition) is 3. The normalized spacial score (nSPS) is 12.0. The molecule has 0 fully saturated rings. The number of aromatic hydroxyl groups is 1. The van der Waals surface area contributed by atoms with Crippen LogP contribution in [-0.4, -0.2) is 22.3 Å². The molecule has 0 aliphatic rings. The van der Waals surface area contributed by atoms with Crippen LogP contribution in [0.15, 0.2) is 53.5 Å². The molecule has 0 saturated heterocycles. The summed E-state index contributed by atoms with van der Waals surface area (Å²) in [6, 6.07) is 15.4. The van der Waals surface area contributed by atoms with E-state index in [2.05, 4.69) is 9.98 Å². The Balaban J connectivity index is 2.28. The Morgan fingerprint density at radius 2 is 1.95 bits per heavy atom. The number of rotatable bonds is 3. The molecule has 0 unspecified atom stereocenters. The summed E-state index contributed by atoms with van der Waals surface area (Å²) in [4.78, 5) is 7.56. The summed E-state index contributed by atoms with van der Waals surface area (Å²) in [5.41, 5.74) is 9.82. The summed E-state index contributed by atoms with van der Waals surface area (Å²) in [6.07, 6.45) is 0. The molecule has 4 heteroatoms. The quantitative estimate of drug-likeness (QED) is 0.508. The zero-order chi connectivity index (χ0) is 14.8. The summed E-state index contributed by atoms with van der Waals surface area (Å²) in [6.45, 7) is 2.61. The van der Waals surface area contributed by atoms with E-state index in [1.165, 1.54) is 0 Å². The lowest BCUT2D eigenvalue weighted by Gasteiger charge is -2.07. The van der Waals surface area contributed by atoms with E-state index in [4.69, 9.17) is 5.73 Å². The highest BCUT2D eigenvalue weighted by Crippen LogP contribution is 2.31. The van der Waals surface area contributed by atoms with Gasteiger partial charge in [-0.05, 0) is 25.1 Å². The molecule has 0 amide bonds. The number of aromatic amines is 1. The molecule has 0 atom stereocenters. The molecule has 21 heavy (non-hydrogen) atoms. The first-order chi connectivity index (χ1) is 10.2. The maximum Gasteiger partial charge on any atom is 0.199 e. The average molecular weight is 279 g/mol. The van der Waals surface area contributed by atoms with Gasteiger partial charge in [-0.1, -0.05) is 30.3 Å². The second-order valence-electron chi connectivity index (χ2n) is 4.84. The Morgan fingerprint density at radius 3 is 2.67 bits per heavy atom. The largest absolute Gasteiger partial charge is 0.494 e. The van der Waals surface area contributed by atoms with Gasteiger partial charge in [0, 0.05) is 28.7 Å². The molecule has 0 radical (unpaired) electrons. The lowest BCUT2D eigenvalue weighted by atomic mass is 10.0. The van der Waals surface area contributed by atoms with Crippen LogP contribution < -0.4 is 5.73 Å². The Kier molecular flexibility index (Phi) is 3.36. The molecule has 106 valence electrons. The zero-order valence-corrected chi connectivity index (χ0v) is 11.8. The van der Waals surface area contributed by atoms with E-state index in [0.29, 0.717) is 17.8 Å². The standard InChI is InChI=1S/C17H17N3O/c1-2-19-16(11-6-4-3-5-7-11)15-13-10-12(18)8-9-14(13)20-17(15)21/h3-10,20-21H,2,18H2,1H3. The highest BCUT2D eigenvalue weighted by atomic mass is 16.3. The van der Waals surface area contributed by atoms with Gasteiger partial charge in [-0.3, -0.25) is 4.99 Å². The van der Waals surface area contributed by atoms with Gasteiger partial charge in [0.05, 0.1) is 11.3 Å². The van der Waals surface area contributed by atoms with Crippen LogP contribution in [0.2, 0.25) is 0 Å². The lowest BCUT2D eigenvalue weighted by molar-refractivity contribution is 0.457. The van der Waals surface area contributed by atoms with Gasteiger partial charge < -0.3 is 15.8 Å². The van der Waals surface area contributed by atoms with Gasteiger partial charge in [0.1, 0.15) is 0 Å². The number of hydrogen-bond donors (Lipinski definition) is 3. The monoisotopic (exact) mass is 279 g/mol. The van der Waals surface area contributed by atoms with Crippen molar-refractivity contribution in [3.05, 3.63) is 59.7 Å². The van der Waals surface area contributed by atoms with E-state index in [1.807, 2.05) is 49.4 Å². The summed E-state index contributed by atoms with van der Waals surface area (Å²) in [5.74, 6) is 0.117. The zero-order valence-electron chi connectivity index (χ0n) is 11.8. The lowest BCUT2D eigenvalue weighted by Crippen LogP contribution is -2.04. The van der Waals surface area contributed by atoms with Crippen molar-refractivity contribution in [1.29, 1.82) is 0 Å². The number of aromatic nitrogens is 1. The fourth-order valence-corrected chi connectivity index (χ4v) is 2.50. The number of aliphatic imine (C=N–C) groups is 1. The second kappa shape index (κ2) is 5.32. The molecule has 0 spiro atoms. The highest BCUT2D eigenvalue weighted by Gasteiger charge is 2.17. The third-order valence-electron chi connectivity index (χ3n) is 3.40. The van der Waals surface area contributed by atoms with Gasteiger partial charge in [0.15, 0.2) is 5.88 Å². The minimum atomic E-state index is 0.117. The number of anilines is 1. The third-order valence-corrected chi connectivity index (χ3v) is 3.40. The Morgan fingerprint density at radius 1 is 1.19 bits per heavy atom. The molecule has 4 N–H and O–H groups in total. The number of nitrogen functional groups attached to an aromatic ring is 1. The molecular weight excluding hydrogens is 262 g/mol. The van der Waals surface area contributed by atoms with Crippen LogP contribution in [-0.2, 0) is 0 Å². The molecule has 3 rings (SSSR count). The predicted molar refractivity (Wildman–Crippen MR) is 87.0 cm³/mol. The van der Waals surface area contributed by atoms with Crippen molar-refractivity contribution in [2.24, 2.45) is 4.99 Å². The van der Waals surface area contributed by atoms with Crippen LogP contribution >= 0.6 is 0 Å². The molecule has 2 aromatic carbocycles. The van der Waals surface area contributed by atoms with E-state index in [9.17, 15) is 5.11 Å². The Labute approximate surface area is 123 Å². The molecule has 0 aliphatic heterocycles. The minimum absolute atomic E-state index is 0.117. The van der Waals surface area contributed by atoms with Crippen LogP contribution in [0, 0.1) is 0 Å². The van der Waals surface area contributed by atoms with Gasteiger partial charge in [-0.2, -0.15) is 0 Å². The molecular formula is C17H17N3O. The molecule has 3 aromatic rings. The van der Waals surface area contributed by atoms with Crippen LogP contribution in [0.4, 0.5) is 5.69 Å². The summed E-state index contributed by atoms with van der Waals surface area (Å²) in [7, 11) is 0. The number of fused-ring (bicyclic) bond motifs is 1. The first-order valence-electron chi connectivity index (χ1n) is 6.91. The first kappa shape index (κ1) is 13.2. The molecule has 0 saturated carbocycles. The average Bonchev–Trinajstić information content (AvgIpc) is 2.81. The topological polar surface area (TPSA) is 74.4 Å². The number of benzene rings is 2. The van der Waals surface area contributed by atoms with Gasteiger partial charge in [-0.15, -0.1) is 0 Å². The number of nitrogens with one attached hydrogen (secondary N) is 1. The summed E-state index contributed by atoms with van der Waals surface area (Å²) < 4.78 is 0. The van der Waals surface area contributed by atoms with Crippen LogP contribution in [0.25, 0.3) is 10.9 Å². The van der Waals surface area contributed by atoms with Crippen molar-refractivity contribution in [2.75, 3.05) is 12.3 Å². The van der Waals surface area contributed by atoms with Crippen LogP contribution in [0.3, 0.4) is 0 Å². The number of nitrogens with zero attached hydrogens (tertiary/aromatic N) is 1. The Bertz CT molecular complexity index is 804. The predicted octanol–water partition coefficient (Wildman–Crippen LogP) is 3.31. The van der Waals surface area contributed by atoms with Crippen molar-refractivity contribution in [2.45, 2.75) is 6.92 Å². The fraction of sp³-hybridized carbons (Fsp3) is 0.118. The van der Waals surface area contributed by atoms with Gasteiger partial charge in [0.25, 0.3) is 0 Å². The smallest absolute Gasteiger partial charge is 0.199 e. The van der Waals surface area contributed by atoms with E-state index in [-0.39, 0.29) is 5.88 Å². The van der Waals surface area contributed by atoms with Crippen molar-refractivity contribution in [1.82, 2.24) is 4.98 Å². The third kappa shape index (κ3) is 2.36. The second-order valence-corrected chi connectivity index (χ2v) is 4.84. The van der Waals surface area contributed by atoms with Crippen molar-refractivity contribution >= 4 is 22.3 Å². The highest BCUT2D eigenvalue weighted by molar-refractivity contribution is 6.21. The van der Waals surface area contributed by atoms with Gasteiger partial charge >= 0.3 is 0 Å².